The largest absolute Gasteiger partial charge is 0.512 e. The van der Waals surface area contributed by atoms with E-state index in [4.69, 9.17) is 9.84 Å². The van der Waals surface area contributed by atoms with Crippen molar-refractivity contribution in [1.29, 1.82) is 0 Å². The SMILES string of the molecule is O=C(O)Oc1ncccc1Cc1ccc(C2CCCC2)cc1. The molecule has 2 aromatic rings. The zero-order valence-electron chi connectivity index (χ0n) is 12.4. The Morgan fingerprint density at radius 3 is 2.59 bits per heavy atom. The monoisotopic (exact) mass is 297 g/mol. The zero-order chi connectivity index (χ0) is 15.4. The predicted molar refractivity (Wildman–Crippen MR) is 83.3 cm³/mol. The molecule has 4 nitrogen and oxygen atoms in total. The van der Waals surface area contributed by atoms with E-state index in [9.17, 15) is 4.79 Å². The fraction of sp³-hybridized carbons (Fsp3) is 0.333. The topological polar surface area (TPSA) is 59.4 Å². The number of aromatic nitrogens is 1. The Kier molecular flexibility index (Phi) is 4.37. The summed E-state index contributed by atoms with van der Waals surface area (Å²) in [4.78, 5) is 14.7. The molecule has 1 aliphatic carbocycles. The van der Waals surface area contributed by atoms with Gasteiger partial charge in [0.1, 0.15) is 0 Å². The molecule has 1 aromatic heterocycles. The summed E-state index contributed by atoms with van der Waals surface area (Å²) in [5.41, 5.74) is 3.32. The van der Waals surface area contributed by atoms with Crippen molar-refractivity contribution in [3.05, 3.63) is 59.3 Å². The Morgan fingerprint density at radius 2 is 1.91 bits per heavy atom. The number of carboxylic acid groups (broad SMARTS) is 1. The molecule has 0 saturated heterocycles. The molecular weight excluding hydrogens is 278 g/mol. The molecule has 4 heteroatoms. The highest BCUT2D eigenvalue weighted by Gasteiger charge is 2.17. The van der Waals surface area contributed by atoms with Crippen molar-refractivity contribution < 1.29 is 14.6 Å². The molecule has 0 amide bonds. The van der Waals surface area contributed by atoms with Gasteiger partial charge in [0.15, 0.2) is 0 Å². The van der Waals surface area contributed by atoms with E-state index in [-0.39, 0.29) is 5.88 Å². The smallest absolute Gasteiger partial charge is 0.449 e. The number of ether oxygens (including phenoxy) is 1. The lowest BCUT2D eigenvalue weighted by molar-refractivity contribution is 0.142. The van der Waals surface area contributed by atoms with Crippen molar-refractivity contribution in [1.82, 2.24) is 4.98 Å². The van der Waals surface area contributed by atoms with Crippen LogP contribution in [0.5, 0.6) is 5.88 Å². The molecule has 0 spiro atoms. The summed E-state index contributed by atoms with van der Waals surface area (Å²) in [7, 11) is 0. The van der Waals surface area contributed by atoms with Crippen LogP contribution in [-0.4, -0.2) is 16.2 Å². The third kappa shape index (κ3) is 3.45. The molecular formula is C18H19NO3. The zero-order valence-corrected chi connectivity index (χ0v) is 12.4. The summed E-state index contributed by atoms with van der Waals surface area (Å²) in [5.74, 6) is 0.869. The quantitative estimate of drug-likeness (QED) is 0.850. The number of nitrogens with zero attached hydrogens (tertiary/aromatic N) is 1. The van der Waals surface area contributed by atoms with Crippen LogP contribution >= 0.6 is 0 Å². The number of pyridine rings is 1. The van der Waals surface area contributed by atoms with Crippen molar-refractivity contribution in [3.63, 3.8) is 0 Å². The molecule has 3 rings (SSSR count). The lowest BCUT2D eigenvalue weighted by Crippen LogP contribution is -2.07. The van der Waals surface area contributed by atoms with Crippen LogP contribution in [0.2, 0.25) is 0 Å². The fourth-order valence-electron chi connectivity index (χ4n) is 3.12. The molecule has 0 bridgehead atoms. The highest BCUT2D eigenvalue weighted by atomic mass is 16.7. The molecule has 1 aliphatic rings. The van der Waals surface area contributed by atoms with E-state index in [0.717, 1.165) is 11.1 Å². The molecule has 0 atom stereocenters. The van der Waals surface area contributed by atoms with Crippen LogP contribution in [0.4, 0.5) is 4.79 Å². The van der Waals surface area contributed by atoms with Crippen LogP contribution in [0.25, 0.3) is 0 Å². The molecule has 0 unspecified atom stereocenters. The maximum atomic E-state index is 10.7. The normalized spacial score (nSPS) is 14.9. The maximum Gasteiger partial charge on any atom is 0.512 e. The van der Waals surface area contributed by atoms with Gasteiger partial charge in [0, 0.05) is 18.2 Å². The fourth-order valence-corrected chi connectivity index (χ4v) is 3.12. The van der Waals surface area contributed by atoms with E-state index >= 15 is 0 Å². The van der Waals surface area contributed by atoms with E-state index < -0.39 is 6.16 Å². The third-order valence-electron chi connectivity index (χ3n) is 4.23. The van der Waals surface area contributed by atoms with Gasteiger partial charge in [0.25, 0.3) is 0 Å². The Labute approximate surface area is 129 Å². The summed E-state index contributed by atoms with van der Waals surface area (Å²) < 4.78 is 4.73. The van der Waals surface area contributed by atoms with Crippen molar-refractivity contribution >= 4 is 6.16 Å². The van der Waals surface area contributed by atoms with Gasteiger partial charge in [-0.2, -0.15) is 0 Å². The van der Waals surface area contributed by atoms with Crippen molar-refractivity contribution in [2.24, 2.45) is 0 Å². The second-order valence-electron chi connectivity index (χ2n) is 5.74. The molecule has 0 aliphatic heterocycles. The molecule has 22 heavy (non-hydrogen) atoms. The molecule has 114 valence electrons. The van der Waals surface area contributed by atoms with Crippen LogP contribution < -0.4 is 4.74 Å². The second-order valence-corrected chi connectivity index (χ2v) is 5.74. The summed E-state index contributed by atoms with van der Waals surface area (Å²) in [6.07, 6.45) is 6.05. The van der Waals surface area contributed by atoms with Gasteiger partial charge < -0.3 is 9.84 Å². The average molecular weight is 297 g/mol. The highest BCUT2D eigenvalue weighted by Crippen LogP contribution is 2.34. The van der Waals surface area contributed by atoms with Gasteiger partial charge in [-0.15, -0.1) is 0 Å². The standard InChI is InChI=1S/C18H19NO3/c20-18(21)22-17-16(6-3-11-19-17)12-13-7-9-15(10-8-13)14-4-1-2-5-14/h3,6-11,14H,1-2,4-5,12H2,(H,20,21). The Hall–Kier alpha value is -2.36. The molecule has 1 heterocycles. The summed E-state index contributed by atoms with van der Waals surface area (Å²) >= 11 is 0. The third-order valence-corrected chi connectivity index (χ3v) is 4.23. The van der Waals surface area contributed by atoms with Crippen molar-refractivity contribution in [2.45, 2.75) is 38.0 Å². The number of rotatable bonds is 4. The first-order valence-electron chi connectivity index (χ1n) is 7.66. The molecule has 1 saturated carbocycles. The van der Waals surface area contributed by atoms with Gasteiger partial charge in [0.05, 0.1) is 0 Å². The van der Waals surface area contributed by atoms with Gasteiger partial charge in [0.2, 0.25) is 5.88 Å². The number of benzene rings is 1. The van der Waals surface area contributed by atoms with Crippen LogP contribution in [-0.2, 0) is 6.42 Å². The van der Waals surface area contributed by atoms with E-state index in [2.05, 4.69) is 29.2 Å². The first-order chi connectivity index (χ1) is 10.7. The van der Waals surface area contributed by atoms with Crippen LogP contribution in [0.1, 0.15) is 48.3 Å². The highest BCUT2D eigenvalue weighted by molar-refractivity contribution is 5.61. The van der Waals surface area contributed by atoms with Gasteiger partial charge in [-0.1, -0.05) is 43.2 Å². The van der Waals surface area contributed by atoms with Crippen molar-refractivity contribution in [2.75, 3.05) is 0 Å². The minimum atomic E-state index is -1.34. The van der Waals surface area contributed by atoms with Gasteiger partial charge >= 0.3 is 6.16 Å². The number of hydrogen-bond donors (Lipinski definition) is 1. The van der Waals surface area contributed by atoms with Crippen LogP contribution in [0.15, 0.2) is 42.6 Å². The molecule has 1 aromatic carbocycles. The van der Waals surface area contributed by atoms with Gasteiger partial charge in [-0.05, 0) is 36.0 Å². The Balaban J connectivity index is 1.74. The number of carbonyl (C=O) groups is 1. The average Bonchev–Trinajstić information content (AvgIpc) is 3.04. The number of hydrogen-bond acceptors (Lipinski definition) is 3. The van der Waals surface area contributed by atoms with Crippen molar-refractivity contribution in [3.8, 4) is 5.88 Å². The van der Waals surface area contributed by atoms with E-state index in [1.807, 2.05) is 6.07 Å². The minimum Gasteiger partial charge on any atom is -0.449 e. The van der Waals surface area contributed by atoms with E-state index in [1.165, 1.54) is 37.4 Å². The summed E-state index contributed by atoms with van der Waals surface area (Å²) in [6, 6.07) is 12.3. The van der Waals surface area contributed by atoms with E-state index in [1.54, 1.807) is 6.07 Å². The summed E-state index contributed by atoms with van der Waals surface area (Å²) in [6.45, 7) is 0. The van der Waals surface area contributed by atoms with E-state index in [0.29, 0.717) is 12.3 Å². The van der Waals surface area contributed by atoms with Crippen LogP contribution in [0.3, 0.4) is 0 Å². The Bertz CT molecular complexity index is 646. The summed E-state index contributed by atoms with van der Waals surface area (Å²) in [5, 5.41) is 8.75. The van der Waals surface area contributed by atoms with Gasteiger partial charge in [-0.3, -0.25) is 0 Å². The Morgan fingerprint density at radius 1 is 1.18 bits per heavy atom. The maximum absolute atomic E-state index is 10.7. The lowest BCUT2D eigenvalue weighted by Gasteiger charge is -2.11. The first-order valence-corrected chi connectivity index (χ1v) is 7.66. The lowest BCUT2D eigenvalue weighted by atomic mass is 9.95. The van der Waals surface area contributed by atoms with Crippen LogP contribution in [0, 0.1) is 0 Å². The van der Waals surface area contributed by atoms with Gasteiger partial charge in [-0.25, -0.2) is 9.78 Å². The first kappa shape index (κ1) is 14.6. The minimum absolute atomic E-state index is 0.162. The molecule has 1 fully saturated rings. The second kappa shape index (κ2) is 6.60. The predicted octanol–water partition coefficient (Wildman–Crippen LogP) is 4.39. The molecule has 1 N–H and O–H groups in total. The molecule has 0 radical (unpaired) electrons.